The Hall–Kier alpha value is -1.39. The van der Waals surface area contributed by atoms with E-state index in [1.165, 1.54) is 0 Å². The van der Waals surface area contributed by atoms with E-state index in [4.69, 9.17) is 5.73 Å². The Kier molecular flexibility index (Phi) is 5.66. The number of aliphatic hydroxyl groups is 1. The molecule has 0 heterocycles. The molecule has 1 rings (SSSR count). The molecule has 4 heteroatoms. The first-order valence-corrected chi connectivity index (χ1v) is 5.90. The van der Waals surface area contributed by atoms with Crippen molar-refractivity contribution in [2.75, 3.05) is 6.54 Å². The van der Waals surface area contributed by atoms with Gasteiger partial charge in [0.25, 0.3) is 0 Å². The molecule has 2 atom stereocenters. The van der Waals surface area contributed by atoms with Crippen LogP contribution in [0.4, 0.5) is 0 Å². The van der Waals surface area contributed by atoms with E-state index in [0.29, 0.717) is 0 Å². The van der Waals surface area contributed by atoms with Gasteiger partial charge in [0, 0.05) is 12.6 Å². The van der Waals surface area contributed by atoms with E-state index < -0.39 is 12.0 Å². The molecule has 0 radical (unpaired) electrons. The smallest absolute Gasteiger partial charge is 0.247 e. The second-order valence-electron chi connectivity index (χ2n) is 4.08. The minimum absolute atomic E-state index is 0.148. The fraction of sp³-hybridized carbons (Fsp3) is 0.462. The van der Waals surface area contributed by atoms with E-state index in [1.807, 2.05) is 30.3 Å². The van der Waals surface area contributed by atoms with Crippen LogP contribution in [0.1, 0.15) is 31.4 Å². The topological polar surface area (TPSA) is 75.3 Å². The highest BCUT2D eigenvalue weighted by molar-refractivity contribution is 5.78. The van der Waals surface area contributed by atoms with Crippen LogP contribution >= 0.6 is 0 Å². The zero-order valence-electron chi connectivity index (χ0n) is 10.1. The lowest BCUT2D eigenvalue weighted by atomic mass is 10.0. The number of benzene rings is 1. The molecule has 1 amide bonds. The summed E-state index contributed by atoms with van der Waals surface area (Å²) in [5.74, 6) is -0.694. The largest absolute Gasteiger partial charge is 0.382 e. The number of nitrogens with one attached hydrogen (secondary N) is 1. The third-order valence-corrected chi connectivity index (χ3v) is 2.67. The fourth-order valence-corrected chi connectivity index (χ4v) is 1.72. The Labute approximate surface area is 102 Å². The maximum atomic E-state index is 10.7. The van der Waals surface area contributed by atoms with Crippen molar-refractivity contribution in [2.24, 2.45) is 5.73 Å². The van der Waals surface area contributed by atoms with Crippen LogP contribution in [-0.4, -0.2) is 23.7 Å². The van der Waals surface area contributed by atoms with E-state index in [1.54, 1.807) is 0 Å². The third kappa shape index (κ3) is 4.54. The number of amides is 1. The molecule has 4 nitrogen and oxygen atoms in total. The summed E-state index contributed by atoms with van der Waals surface area (Å²) >= 11 is 0. The predicted molar refractivity (Wildman–Crippen MR) is 67.3 cm³/mol. The fourth-order valence-electron chi connectivity index (χ4n) is 1.72. The van der Waals surface area contributed by atoms with Crippen LogP contribution in [0, 0.1) is 0 Å². The number of carbonyl (C=O) groups excluding carboxylic acids is 1. The summed E-state index contributed by atoms with van der Waals surface area (Å²) in [5, 5.41) is 12.5. The van der Waals surface area contributed by atoms with Gasteiger partial charge in [-0.25, -0.2) is 0 Å². The molecular formula is C13H20N2O2. The van der Waals surface area contributed by atoms with Gasteiger partial charge >= 0.3 is 0 Å². The van der Waals surface area contributed by atoms with Crippen LogP contribution in [0.5, 0.6) is 0 Å². The number of aliphatic hydroxyl groups excluding tert-OH is 1. The summed E-state index contributed by atoms with van der Waals surface area (Å²) in [4.78, 5) is 10.7. The highest BCUT2D eigenvalue weighted by atomic mass is 16.3. The standard InChI is InChI=1S/C13H20N2O2/c1-2-6-11(10-7-4-3-5-8-10)15-9-12(16)13(14)17/h3-5,7-8,11-12,15-16H,2,6,9H2,1H3,(H2,14,17). The highest BCUT2D eigenvalue weighted by Gasteiger charge is 2.14. The number of hydrogen-bond acceptors (Lipinski definition) is 3. The molecule has 0 aliphatic heterocycles. The van der Waals surface area contributed by atoms with Gasteiger partial charge in [-0.1, -0.05) is 43.7 Å². The Morgan fingerprint density at radius 3 is 2.59 bits per heavy atom. The van der Waals surface area contributed by atoms with Crippen molar-refractivity contribution in [2.45, 2.75) is 31.9 Å². The Morgan fingerprint density at radius 2 is 2.06 bits per heavy atom. The molecule has 0 saturated carbocycles. The predicted octanol–water partition coefficient (Wildman–Crippen LogP) is 0.964. The van der Waals surface area contributed by atoms with E-state index in [-0.39, 0.29) is 12.6 Å². The van der Waals surface area contributed by atoms with Crippen molar-refractivity contribution in [1.82, 2.24) is 5.32 Å². The lowest BCUT2D eigenvalue weighted by molar-refractivity contribution is -0.125. The SMILES string of the molecule is CCCC(NCC(O)C(N)=O)c1ccccc1. The normalized spacial score (nSPS) is 14.2. The van der Waals surface area contributed by atoms with Crippen LogP contribution < -0.4 is 11.1 Å². The summed E-state index contributed by atoms with van der Waals surface area (Å²) in [7, 11) is 0. The molecule has 2 unspecified atom stereocenters. The third-order valence-electron chi connectivity index (χ3n) is 2.67. The van der Waals surface area contributed by atoms with Gasteiger partial charge in [0.1, 0.15) is 6.10 Å². The van der Waals surface area contributed by atoms with Crippen molar-refractivity contribution < 1.29 is 9.90 Å². The molecule has 17 heavy (non-hydrogen) atoms. The average Bonchev–Trinajstić information content (AvgIpc) is 2.35. The van der Waals surface area contributed by atoms with E-state index in [2.05, 4.69) is 12.2 Å². The molecule has 1 aromatic carbocycles. The van der Waals surface area contributed by atoms with Crippen molar-refractivity contribution in [3.05, 3.63) is 35.9 Å². The van der Waals surface area contributed by atoms with E-state index >= 15 is 0 Å². The first kappa shape index (κ1) is 13.7. The van der Waals surface area contributed by atoms with Crippen LogP contribution in [0.2, 0.25) is 0 Å². The van der Waals surface area contributed by atoms with Crippen molar-refractivity contribution in [3.63, 3.8) is 0 Å². The molecule has 0 saturated heterocycles. The molecule has 94 valence electrons. The first-order chi connectivity index (χ1) is 8.15. The maximum Gasteiger partial charge on any atom is 0.247 e. The van der Waals surface area contributed by atoms with Crippen molar-refractivity contribution in [1.29, 1.82) is 0 Å². The number of rotatable bonds is 7. The zero-order valence-corrected chi connectivity index (χ0v) is 10.1. The maximum absolute atomic E-state index is 10.7. The second kappa shape index (κ2) is 7.04. The van der Waals surface area contributed by atoms with Gasteiger partial charge in [0.2, 0.25) is 5.91 Å². The molecule has 1 aromatic rings. The molecule has 0 aliphatic rings. The molecular weight excluding hydrogens is 216 g/mol. The van der Waals surface area contributed by atoms with Crippen LogP contribution in [0.25, 0.3) is 0 Å². The zero-order chi connectivity index (χ0) is 12.7. The van der Waals surface area contributed by atoms with Crippen LogP contribution in [0.3, 0.4) is 0 Å². The quantitative estimate of drug-likeness (QED) is 0.660. The summed E-state index contributed by atoms with van der Waals surface area (Å²) in [6.07, 6.45) is 0.854. The van der Waals surface area contributed by atoms with Crippen LogP contribution in [-0.2, 0) is 4.79 Å². The average molecular weight is 236 g/mol. The molecule has 0 spiro atoms. The van der Waals surface area contributed by atoms with Gasteiger partial charge in [-0.05, 0) is 12.0 Å². The minimum atomic E-state index is -1.13. The lowest BCUT2D eigenvalue weighted by Crippen LogP contribution is -2.39. The Bertz CT molecular complexity index is 341. The van der Waals surface area contributed by atoms with Gasteiger partial charge < -0.3 is 16.2 Å². The number of carbonyl (C=O) groups is 1. The van der Waals surface area contributed by atoms with Crippen molar-refractivity contribution in [3.8, 4) is 0 Å². The van der Waals surface area contributed by atoms with Gasteiger partial charge in [0.05, 0.1) is 0 Å². The van der Waals surface area contributed by atoms with Crippen LogP contribution in [0.15, 0.2) is 30.3 Å². The summed E-state index contributed by atoms with van der Waals surface area (Å²) < 4.78 is 0. The lowest BCUT2D eigenvalue weighted by Gasteiger charge is -2.19. The minimum Gasteiger partial charge on any atom is -0.382 e. The molecule has 0 bridgehead atoms. The second-order valence-corrected chi connectivity index (χ2v) is 4.08. The van der Waals surface area contributed by atoms with Crippen molar-refractivity contribution >= 4 is 5.91 Å². The van der Waals surface area contributed by atoms with E-state index in [9.17, 15) is 9.90 Å². The Morgan fingerprint density at radius 1 is 1.41 bits per heavy atom. The number of hydrogen-bond donors (Lipinski definition) is 3. The summed E-state index contributed by atoms with van der Waals surface area (Å²) in [6, 6.07) is 10.1. The first-order valence-electron chi connectivity index (χ1n) is 5.90. The van der Waals surface area contributed by atoms with Gasteiger partial charge in [-0.15, -0.1) is 0 Å². The molecule has 4 N–H and O–H groups in total. The number of primary amides is 1. The monoisotopic (exact) mass is 236 g/mol. The Balaban J connectivity index is 2.58. The van der Waals surface area contributed by atoms with Gasteiger partial charge in [-0.3, -0.25) is 4.79 Å². The number of nitrogens with two attached hydrogens (primary N) is 1. The van der Waals surface area contributed by atoms with Gasteiger partial charge in [0.15, 0.2) is 0 Å². The molecule has 0 aliphatic carbocycles. The highest BCUT2D eigenvalue weighted by Crippen LogP contribution is 2.17. The molecule has 0 aromatic heterocycles. The summed E-state index contributed by atoms with van der Waals surface area (Å²) in [6.45, 7) is 2.29. The summed E-state index contributed by atoms with van der Waals surface area (Å²) in [5.41, 5.74) is 6.16. The van der Waals surface area contributed by atoms with Gasteiger partial charge in [-0.2, -0.15) is 0 Å². The van der Waals surface area contributed by atoms with E-state index in [0.717, 1.165) is 18.4 Å². The molecule has 0 fully saturated rings.